The Morgan fingerprint density at radius 2 is 1.65 bits per heavy atom. The Morgan fingerprint density at radius 1 is 0.962 bits per heavy atom. The summed E-state index contributed by atoms with van der Waals surface area (Å²) in [6.07, 6.45) is 5.29. The molecule has 26 heavy (non-hydrogen) atoms. The third-order valence-electron chi connectivity index (χ3n) is 4.60. The third kappa shape index (κ3) is 3.13. The lowest BCUT2D eigenvalue weighted by atomic mass is 10.2. The minimum absolute atomic E-state index is 0.00409. The summed E-state index contributed by atoms with van der Waals surface area (Å²) in [6.45, 7) is 2.94. The van der Waals surface area contributed by atoms with Gasteiger partial charge in [0, 0.05) is 56.1 Å². The quantitative estimate of drug-likeness (QED) is 0.725. The van der Waals surface area contributed by atoms with E-state index in [9.17, 15) is 4.79 Å². The van der Waals surface area contributed by atoms with Crippen molar-refractivity contribution in [1.29, 1.82) is 0 Å². The van der Waals surface area contributed by atoms with Crippen molar-refractivity contribution >= 4 is 23.8 Å². The minimum atomic E-state index is -0.00409. The van der Waals surface area contributed by atoms with Crippen LogP contribution in [0.25, 0.3) is 5.69 Å². The van der Waals surface area contributed by atoms with Gasteiger partial charge >= 0.3 is 0 Å². The fourth-order valence-electron chi connectivity index (χ4n) is 3.24. The average molecular weight is 365 g/mol. The second kappa shape index (κ2) is 7.13. The first-order chi connectivity index (χ1) is 12.7. The molecule has 3 heterocycles. The van der Waals surface area contributed by atoms with E-state index < -0.39 is 0 Å². The lowest BCUT2D eigenvalue weighted by Gasteiger charge is -2.36. The molecule has 0 spiro atoms. The summed E-state index contributed by atoms with van der Waals surface area (Å²) in [5.41, 5.74) is 2.59. The van der Waals surface area contributed by atoms with E-state index in [4.69, 9.17) is 12.2 Å². The molecule has 1 aromatic carbocycles. The summed E-state index contributed by atoms with van der Waals surface area (Å²) >= 11 is 5.38. The summed E-state index contributed by atoms with van der Waals surface area (Å²) in [4.78, 5) is 24.3. The van der Waals surface area contributed by atoms with Crippen LogP contribution in [0.3, 0.4) is 0 Å². The largest absolute Gasteiger partial charge is 0.368 e. The van der Waals surface area contributed by atoms with Crippen molar-refractivity contribution in [3.05, 3.63) is 71.5 Å². The molecule has 0 aliphatic carbocycles. The number of aromatic nitrogens is 3. The second-order valence-electron chi connectivity index (χ2n) is 6.13. The van der Waals surface area contributed by atoms with Gasteiger partial charge in [-0.15, -0.1) is 0 Å². The number of imidazole rings is 1. The van der Waals surface area contributed by atoms with Crippen molar-refractivity contribution in [1.82, 2.24) is 19.4 Å². The second-order valence-corrected chi connectivity index (χ2v) is 6.52. The van der Waals surface area contributed by atoms with E-state index in [1.54, 1.807) is 23.2 Å². The number of nitrogens with zero attached hydrogens (tertiary/aromatic N) is 4. The number of anilines is 1. The Kier molecular flexibility index (Phi) is 4.53. The van der Waals surface area contributed by atoms with E-state index in [-0.39, 0.29) is 5.91 Å². The predicted molar refractivity (Wildman–Crippen MR) is 103 cm³/mol. The fraction of sp³-hybridized carbons (Fsp3) is 0.211. The van der Waals surface area contributed by atoms with Crippen LogP contribution in [0, 0.1) is 4.77 Å². The lowest BCUT2D eigenvalue weighted by Crippen LogP contribution is -2.49. The molecule has 1 N–H and O–H groups in total. The lowest BCUT2D eigenvalue weighted by molar-refractivity contribution is 0.0738. The average Bonchev–Trinajstić information content (AvgIpc) is 3.10. The highest BCUT2D eigenvalue weighted by atomic mass is 32.1. The van der Waals surface area contributed by atoms with E-state index in [0.29, 0.717) is 23.6 Å². The Morgan fingerprint density at radius 3 is 2.35 bits per heavy atom. The first-order valence-corrected chi connectivity index (χ1v) is 8.95. The molecule has 4 rings (SSSR count). The number of benzene rings is 1. The Balaban J connectivity index is 1.53. The number of rotatable bonds is 3. The zero-order valence-corrected chi connectivity index (χ0v) is 15.0. The molecule has 1 aliphatic rings. The number of carbonyl (C=O) groups is 1. The first kappa shape index (κ1) is 16.5. The van der Waals surface area contributed by atoms with Crippen LogP contribution >= 0.6 is 12.2 Å². The van der Waals surface area contributed by atoms with E-state index in [2.05, 4.69) is 14.9 Å². The molecule has 1 aliphatic heterocycles. The maximum absolute atomic E-state index is 13.1. The molecule has 3 aromatic rings. The van der Waals surface area contributed by atoms with Gasteiger partial charge in [0.15, 0.2) is 4.77 Å². The monoisotopic (exact) mass is 365 g/mol. The molecular formula is C19H19N5OS. The molecule has 2 aromatic heterocycles. The van der Waals surface area contributed by atoms with E-state index in [0.717, 1.165) is 24.5 Å². The number of aromatic amines is 1. The van der Waals surface area contributed by atoms with Gasteiger partial charge in [-0.05, 0) is 36.5 Å². The van der Waals surface area contributed by atoms with Crippen LogP contribution in [-0.4, -0.2) is 51.5 Å². The van der Waals surface area contributed by atoms with Crippen LogP contribution < -0.4 is 4.90 Å². The number of carbonyl (C=O) groups excluding carboxylic acids is 1. The van der Waals surface area contributed by atoms with Gasteiger partial charge in [0.25, 0.3) is 5.91 Å². The molecule has 0 bridgehead atoms. The van der Waals surface area contributed by atoms with Crippen LogP contribution in [0.5, 0.6) is 0 Å². The maximum Gasteiger partial charge on any atom is 0.272 e. The van der Waals surface area contributed by atoms with Crippen LogP contribution in [0.15, 0.2) is 61.1 Å². The number of hydrogen-bond donors (Lipinski definition) is 1. The SMILES string of the molecule is O=C(c1c[nH]c(=S)n1-c1ccccc1)N1CCN(c2ccncc2)CC1. The van der Waals surface area contributed by atoms with Crippen LogP contribution in [0.2, 0.25) is 0 Å². The predicted octanol–water partition coefficient (Wildman–Crippen LogP) is 2.89. The topological polar surface area (TPSA) is 57.2 Å². The molecule has 0 radical (unpaired) electrons. The van der Waals surface area contributed by atoms with Gasteiger partial charge in [-0.1, -0.05) is 18.2 Å². The van der Waals surface area contributed by atoms with Gasteiger partial charge in [0.1, 0.15) is 5.69 Å². The molecule has 0 atom stereocenters. The summed E-state index contributed by atoms with van der Waals surface area (Å²) in [5.74, 6) is -0.00409. The summed E-state index contributed by atoms with van der Waals surface area (Å²) in [5, 5.41) is 0. The zero-order valence-electron chi connectivity index (χ0n) is 14.2. The molecule has 1 saturated heterocycles. The number of piperazine rings is 1. The highest BCUT2D eigenvalue weighted by molar-refractivity contribution is 7.71. The number of hydrogen-bond acceptors (Lipinski definition) is 4. The number of pyridine rings is 1. The van der Waals surface area contributed by atoms with E-state index >= 15 is 0 Å². The van der Waals surface area contributed by atoms with Crippen LogP contribution in [-0.2, 0) is 0 Å². The summed E-state index contributed by atoms with van der Waals surface area (Å²) in [6, 6.07) is 13.7. The summed E-state index contributed by atoms with van der Waals surface area (Å²) in [7, 11) is 0. The van der Waals surface area contributed by atoms with E-state index in [1.807, 2.05) is 47.4 Å². The third-order valence-corrected chi connectivity index (χ3v) is 4.91. The van der Waals surface area contributed by atoms with Crippen LogP contribution in [0.1, 0.15) is 10.5 Å². The van der Waals surface area contributed by atoms with Crippen molar-refractivity contribution in [2.75, 3.05) is 31.1 Å². The normalized spacial score (nSPS) is 14.5. The molecule has 1 fully saturated rings. The van der Waals surface area contributed by atoms with Gasteiger partial charge < -0.3 is 14.8 Å². The van der Waals surface area contributed by atoms with Gasteiger partial charge in [-0.25, -0.2) is 0 Å². The van der Waals surface area contributed by atoms with Crippen molar-refractivity contribution in [3.8, 4) is 5.69 Å². The summed E-state index contributed by atoms with van der Waals surface area (Å²) < 4.78 is 2.32. The standard InChI is InChI=1S/C19H19N5OS/c25-18(17-14-21-19(26)24(17)16-4-2-1-3-5-16)23-12-10-22(11-13-23)15-6-8-20-9-7-15/h1-9,14H,10-13H2,(H,21,26). The maximum atomic E-state index is 13.1. The van der Waals surface area contributed by atoms with Gasteiger partial charge in [0.2, 0.25) is 0 Å². The minimum Gasteiger partial charge on any atom is -0.368 e. The number of para-hydroxylation sites is 1. The smallest absolute Gasteiger partial charge is 0.272 e. The van der Waals surface area contributed by atoms with Gasteiger partial charge in [0.05, 0.1) is 0 Å². The van der Waals surface area contributed by atoms with Crippen molar-refractivity contribution in [3.63, 3.8) is 0 Å². The fourth-order valence-corrected chi connectivity index (χ4v) is 3.51. The van der Waals surface area contributed by atoms with Gasteiger partial charge in [-0.2, -0.15) is 0 Å². The van der Waals surface area contributed by atoms with Crippen molar-refractivity contribution in [2.45, 2.75) is 0 Å². The highest BCUT2D eigenvalue weighted by Crippen LogP contribution is 2.18. The first-order valence-electron chi connectivity index (χ1n) is 8.54. The Bertz CT molecular complexity index is 943. The van der Waals surface area contributed by atoms with Crippen LogP contribution in [0.4, 0.5) is 5.69 Å². The Labute approximate surface area is 156 Å². The van der Waals surface area contributed by atoms with E-state index in [1.165, 1.54) is 0 Å². The van der Waals surface area contributed by atoms with Gasteiger partial charge in [-0.3, -0.25) is 14.3 Å². The molecule has 0 saturated carbocycles. The molecule has 6 nitrogen and oxygen atoms in total. The molecule has 0 unspecified atom stereocenters. The van der Waals surface area contributed by atoms with Crippen molar-refractivity contribution in [2.24, 2.45) is 0 Å². The molecule has 1 amide bonds. The molecule has 7 heteroatoms. The Hall–Kier alpha value is -2.93. The number of nitrogens with one attached hydrogen (secondary N) is 1. The molecule has 132 valence electrons. The van der Waals surface area contributed by atoms with Crippen molar-refractivity contribution < 1.29 is 4.79 Å². The molecular weight excluding hydrogens is 346 g/mol. The number of H-pyrrole nitrogens is 1. The zero-order chi connectivity index (χ0) is 17.9. The number of amides is 1. The highest BCUT2D eigenvalue weighted by Gasteiger charge is 2.25.